The van der Waals surface area contributed by atoms with E-state index in [2.05, 4.69) is 35.8 Å². The monoisotopic (exact) mass is 259 g/mol. The van der Waals surface area contributed by atoms with E-state index in [4.69, 9.17) is 5.73 Å². The van der Waals surface area contributed by atoms with Crippen molar-refractivity contribution in [1.82, 2.24) is 4.90 Å². The van der Waals surface area contributed by atoms with Crippen LogP contribution in [0.1, 0.15) is 31.7 Å². The van der Waals surface area contributed by atoms with Gasteiger partial charge in [-0.3, -0.25) is 4.90 Å². The molecule has 1 aromatic rings. The lowest BCUT2D eigenvalue weighted by Gasteiger charge is -2.48. The Morgan fingerprint density at radius 1 is 1.16 bits per heavy atom. The van der Waals surface area contributed by atoms with Crippen LogP contribution in [-0.2, 0) is 0 Å². The van der Waals surface area contributed by atoms with Gasteiger partial charge in [-0.25, -0.2) is 0 Å². The molecule has 0 saturated carbocycles. The number of nitrogens with zero attached hydrogens (tertiary/aromatic N) is 2. The predicted octanol–water partition coefficient (Wildman–Crippen LogP) is 2.64. The summed E-state index contributed by atoms with van der Waals surface area (Å²) in [5.41, 5.74) is 9.45. The third kappa shape index (κ3) is 2.57. The first-order valence-electron chi connectivity index (χ1n) is 7.51. The summed E-state index contributed by atoms with van der Waals surface area (Å²) in [4.78, 5) is 5.24. The molecule has 2 fully saturated rings. The van der Waals surface area contributed by atoms with Crippen LogP contribution in [0.25, 0.3) is 0 Å². The molecule has 2 saturated heterocycles. The van der Waals surface area contributed by atoms with Gasteiger partial charge < -0.3 is 10.6 Å². The van der Waals surface area contributed by atoms with Crippen LogP contribution in [0.4, 0.5) is 11.4 Å². The number of hydrogen-bond donors (Lipinski definition) is 1. The third-order valence-corrected chi connectivity index (χ3v) is 4.60. The summed E-state index contributed by atoms with van der Waals surface area (Å²) in [6.45, 7) is 8.10. The van der Waals surface area contributed by atoms with Gasteiger partial charge in [0.05, 0.1) is 0 Å². The standard InChI is InChI=1S/C16H25N3/c1-12-7-14(17)9-16(8-12)19-11-15-5-3-4-6-18(15)10-13(19)2/h7-9,13,15H,3-6,10-11,17H2,1-2H3. The zero-order chi connectivity index (χ0) is 13.4. The van der Waals surface area contributed by atoms with Crippen LogP contribution < -0.4 is 10.6 Å². The van der Waals surface area contributed by atoms with E-state index in [0.717, 1.165) is 18.3 Å². The van der Waals surface area contributed by atoms with E-state index in [9.17, 15) is 0 Å². The molecule has 19 heavy (non-hydrogen) atoms. The van der Waals surface area contributed by atoms with Gasteiger partial charge in [0.15, 0.2) is 0 Å². The van der Waals surface area contributed by atoms with Gasteiger partial charge in [-0.15, -0.1) is 0 Å². The number of piperidine rings is 1. The molecular formula is C16H25N3. The maximum Gasteiger partial charge on any atom is 0.0392 e. The first-order valence-corrected chi connectivity index (χ1v) is 7.51. The summed E-state index contributed by atoms with van der Waals surface area (Å²) in [6, 6.07) is 7.76. The maximum atomic E-state index is 6.01. The van der Waals surface area contributed by atoms with E-state index >= 15 is 0 Å². The maximum absolute atomic E-state index is 6.01. The highest BCUT2D eigenvalue weighted by atomic mass is 15.3. The quantitative estimate of drug-likeness (QED) is 0.787. The second-order valence-corrected chi connectivity index (χ2v) is 6.25. The van der Waals surface area contributed by atoms with Crippen molar-refractivity contribution in [3.63, 3.8) is 0 Å². The minimum atomic E-state index is 0.579. The highest BCUT2D eigenvalue weighted by molar-refractivity contribution is 5.59. The third-order valence-electron chi connectivity index (χ3n) is 4.60. The minimum absolute atomic E-state index is 0.579. The van der Waals surface area contributed by atoms with Gasteiger partial charge in [0.2, 0.25) is 0 Å². The number of benzene rings is 1. The van der Waals surface area contributed by atoms with Crippen LogP contribution in [0.5, 0.6) is 0 Å². The topological polar surface area (TPSA) is 32.5 Å². The summed E-state index contributed by atoms with van der Waals surface area (Å²) >= 11 is 0. The number of fused-ring (bicyclic) bond motifs is 1. The zero-order valence-electron chi connectivity index (χ0n) is 12.1. The SMILES string of the molecule is Cc1cc(N)cc(N2CC3CCCCN3CC2C)c1. The van der Waals surface area contributed by atoms with Gasteiger partial charge in [-0.2, -0.15) is 0 Å². The highest BCUT2D eigenvalue weighted by Gasteiger charge is 2.32. The Hall–Kier alpha value is -1.22. The molecule has 2 aliphatic heterocycles. The van der Waals surface area contributed by atoms with E-state index < -0.39 is 0 Å². The fourth-order valence-corrected chi connectivity index (χ4v) is 3.67. The van der Waals surface area contributed by atoms with Crippen LogP contribution in [0.2, 0.25) is 0 Å². The number of rotatable bonds is 1. The molecule has 104 valence electrons. The second-order valence-electron chi connectivity index (χ2n) is 6.25. The Balaban J connectivity index is 1.83. The largest absolute Gasteiger partial charge is 0.399 e. The van der Waals surface area contributed by atoms with Gasteiger partial charge in [-0.1, -0.05) is 6.42 Å². The Morgan fingerprint density at radius 2 is 2.00 bits per heavy atom. The Kier molecular flexibility index (Phi) is 3.40. The molecule has 2 N–H and O–H groups in total. The molecular weight excluding hydrogens is 234 g/mol. The number of nitrogens with two attached hydrogens (primary N) is 1. The van der Waals surface area contributed by atoms with Gasteiger partial charge in [0.25, 0.3) is 0 Å². The smallest absolute Gasteiger partial charge is 0.0392 e. The van der Waals surface area contributed by atoms with Crippen LogP contribution >= 0.6 is 0 Å². The van der Waals surface area contributed by atoms with Gasteiger partial charge in [0, 0.05) is 36.5 Å². The molecule has 1 aromatic carbocycles. The molecule has 2 unspecified atom stereocenters. The fraction of sp³-hybridized carbons (Fsp3) is 0.625. The van der Waals surface area contributed by atoms with Crippen molar-refractivity contribution >= 4 is 11.4 Å². The van der Waals surface area contributed by atoms with E-state index in [0.29, 0.717) is 6.04 Å². The summed E-state index contributed by atoms with van der Waals surface area (Å²) in [5.74, 6) is 0. The number of nitrogen functional groups attached to an aromatic ring is 1. The van der Waals surface area contributed by atoms with Crippen LogP contribution in [0.15, 0.2) is 18.2 Å². The van der Waals surface area contributed by atoms with E-state index in [1.54, 1.807) is 0 Å². The first-order chi connectivity index (χ1) is 9.13. The van der Waals surface area contributed by atoms with Crippen molar-refractivity contribution in [1.29, 1.82) is 0 Å². The second kappa shape index (κ2) is 5.04. The highest BCUT2D eigenvalue weighted by Crippen LogP contribution is 2.29. The summed E-state index contributed by atoms with van der Waals surface area (Å²) in [7, 11) is 0. The average Bonchev–Trinajstić information content (AvgIpc) is 2.36. The van der Waals surface area contributed by atoms with Crippen molar-refractivity contribution in [3.05, 3.63) is 23.8 Å². The molecule has 2 atom stereocenters. The normalized spacial score (nSPS) is 28.2. The number of hydrogen-bond acceptors (Lipinski definition) is 3. The van der Waals surface area contributed by atoms with Crippen molar-refractivity contribution < 1.29 is 0 Å². The summed E-state index contributed by atoms with van der Waals surface area (Å²) in [5, 5.41) is 0. The van der Waals surface area contributed by atoms with Crippen LogP contribution in [0.3, 0.4) is 0 Å². The fourth-order valence-electron chi connectivity index (χ4n) is 3.67. The lowest BCUT2D eigenvalue weighted by molar-refractivity contribution is 0.115. The zero-order valence-corrected chi connectivity index (χ0v) is 12.1. The van der Waals surface area contributed by atoms with Crippen molar-refractivity contribution in [2.75, 3.05) is 30.3 Å². The molecule has 3 rings (SSSR count). The summed E-state index contributed by atoms with van der Waals surface area (Å²) in [6.07, 6.45) is 4.12. The lowest BCUT2D eigenvalue weighted by Crippen LogP contribution is -2.58. The van der Waals surface area contributed by atoms with Gasteiger partial charge >= 0.3 is 0 Å². The van der Waals surface area contributed by atoms with Crippen molar-refractivity contribution in [2.24, 2.45) is 0 Å². The molecule has 0 amide bonds. The Bertz CT molecular complexity index is 437. The van der Waals surface area contributed by atoms with Gasteiger partial charge in [-0.05, 0) is 57.0 Å². The van der Waals surface area contributed by atoms with Crippen molar-refractivity contribution in [3.8, 4) is 0 Å². The number of anilines is 2. The molecule has 2 aliphatic rings. The van der Waals surface area contributed by atoms with Crippen LogP contribution in [0, 0.1) is 6.92 Å². The Morgan fingerprint density at radius 3 is 2.79 bits per heavy atom. The average molecular weight is 259 g/mol. The molecule has 0 bridgehead atoms. The molecule has 0 aliphatic carbocycles. The summed E-state index contributed by atoms with van der Waals surface area (Å²) < 4.78 is 0. The van der Waals surface area contributed by atoms with Gasteiger partial charge in [0.1, 0.15) is 0 Å². The molecule has 0 radical (unpaired) electrons. The molecule has 2 heterocycles. The Labute approximate surface area is 116 Å². The molecule has 3 heteroatoms. The number of piperazine rings is 1. The van der Waals surface area contributed by atoms with E-state index in [-0.39, 0.29) is 0 Å². The lowest BCUT2D eigenvalue weighted by atomic mass is 9.96. The molecule has 3 nitrogen and oxygen atoms in total. The molecule has 0 spiro atoms. The predicted molar refractivity (Wildman–Crippen MR) is 81.6 cm³/mol. The number of aryl methyl sites for hydroxylation is 1. The van der Waals surface area contributed by atoms with E-state index in [1.165, 1.54) is 43.6 Å². The van der Waals surface area contributed by atoms with Crippen molar-refractivity contribution in [2.45, 2.75) is 45.2 Å². The first kappa shape index (κ1) is 12.8. The van der Waals surface area contributed by atoms with E-state index in [1.807, 2.05) is 6.07 Å². The van der Waals surface area contributed by atoms with Crippen LogP contribution in [-0.4, -0.2) is 36.6 Å². The minimum Gasteiger partial charge on any atom is -0.399 e. The molecule has 0 aromatic heterocycles.